The Hall–Kier alpha value is -2.34. The number of rotatable bonds is 3. The maximum atomic E-state index is 10.6. The van der Waals surface area contributed by atoms with Gasteiger partial charge in [0.05, 0.1) is 6.54 Å². The number of amides is 1. The number of allylic oxidation sites excluding steroid dienone is 1. The summed E-state index contributed by atoms with van der Waals surface area (Å²) in [5.74, 6) is 5.68. The van der Waals surface area contributed by atoms with E-state index in [-0.39, 0.29) is 5.91 Å². The Kier molecular flexibility index (Phi) is 5.26. The minimum Gasteiger partial charge on any atom is -0.345 e. The molecule has 1 aromatic rings. The summed E-state index contributed by atoms with van der Waals surface area (Å²) in [6.07, 6.45) is 3.90. The van der Waals surface area contributed by atoms with Crippen LogP contribution in [0.5, 0.6) is 0 Å². The first-order valence-corrected chi connectivity index (χ1v) is 5.17. The molecule has 86 valence electrons. The van der Waals surface area contributed by atoms with Crippen LogP contribution in [0.4, 0.5) is 0 Å². The van der Waals surface area contributed by atoms with E-state index < -0.39 is 0 Å². The zero-order valence-electron chi connectivity index (χ0n) is 9.57. The first-order chi connectivity index (χ1) is 8.22. The number of hydrogen-bond acceptors (Lipinski definition) is 2. The standard InChI is InChI=1S/C14H13NO2/c1-12(17)15-10-2-4-13-6-8-14(9-7-13)5-3-11-16/h3,5-9,11H,10H2,1H3,(H,15,17)/b5-3+. The van der Waals surface area contributed by atoms with E-state index in [9.17, 15) is 9.59 Å². The molecule has 0 heterocycles. The highest BCUT2D eigenvalue weighted by atomic mass is 16.1. The average molecular weight is 227 g/mol. The van der Waals surface area contributed by atoms with E-state index in [1.54, 1.807) is 6.08 Å². The number of carbonyl (C=O) groups is 2. The van der Waals surface area contributed by atoms with Crippen LogP contribution in [-0.2, 0) is 9.59 Å². The van der Waals surface area contributed by atoms with Crippen LogP contribution in [0.1, 0.15) is 18.1 Å². The summed E-state index contributed by atoms with van der Waals surface area (Å²) in [6.45, 7) is 1.80. The quantitative estimate of drug-likeness (QED) is 0.482. The van der Waals surface area contributed by atoms with Gasteiger partial charge in [-0.05, 0) is 23.8 Å². The van der Waals surface area contributed by atoms with Crippen molar-refractivity contribution in [1.29, 1.82) is 0 Å². The van der Waals surface area contributed by atoms with Gasteiger partial charge in [0.1, 0.15) is 6.29 Å². The number of nitrogens with one attached hydrogen (secondary N) is 1. The van der Waals surface area contributed by atoms with Gasteiger partial charge in [-0.2, -0.15) is 0 Å². The summed E-state index contributed by atoms with van der Waals surface area (Å²) in [5.41, 5.74) is 1.82. The van der Waals surface area contributed by atoms with E-state index in [1.807, 2.05) is 24.3 Å². The molecule has 1 N–H and O–H groups in total. The molecule has 0 saturated carbocycles. The van der Waals surface area contributed by atoms with Crippen LogP contribution in [0.15, 0.2) is 30.3 Å². The van der Waals surface area contributed by atoms with Crippen molar-refractivity contribution in [3.05, 3.63) is 41.5 Å². The summed E-state index contributed by atoms with van der Waals surface area (Å²) < 4.78 is 0. The van der Waals surface area contributed by atoms with Gasteiger partial charge in [0.2, 0.25) is 5.91 Å². The lowest BCUT2D eigenvalue weighted by molar-refractivity contribution is -0.118. The van der Waals surface area contributed by atoms with Gasteiger partial charge in [-0.1, -0.05) is 30.0 Å². The molecule has 0 aliphatic rings. The monoisotopic (exact) mass is 227 g/mol. The molecule has 1 rings (SSSR count). The molecule has 0 fully saturated rings. The van der Waals surface area contributed by atoms with E-state index in [4.69, 9.17) is 0 Å². The molecule has 0 radical (unpaired) electrons. The molecule has 1 aromatic carbocycles. The molecule has 0 spiro atoms. The summed E-state index contributed by atoms with van der Waals surface area (Å²) in [7, 11) is 0. The summed E-state index contributed by atoms with van der Waals surface area (Å²) in [4.78, 5) is 20.7. The fourth-order valence-electron chi connectivity index (χ4n) is 1.14. The molecular weight excluding hydrogens is 214 g/mol. The Labute approximate surface area is 101 Å². The Morgan fingerprint density at radius 1 is 1.35 bits per heavy atom. The molecule has 0 atom stereocenters. The first-order valence-electron chi connectivity index (χ1n) is 5.17. The molecular formula is C14H13NO2. The number of aldehydes is 1. The summed E-state index contributed by atoms with van der Waals surface area (Å²) in [5, 5.41) is 2.59. The minimum absolute atomic E-state index is 0.0892. The maximum Gasteiger partial charge on any atom is 0.217 e. The highest BCUT2D eigenvalue weighted by Crippen LogP contribution is 2.04. The van der Waals surface area contributed by atoms with Gasteiger partial charge in [0, 0.05) is 12.5 Å². The molecule has 0 unspecified atom stereocenters. The van der Waals surface area contributed by atoms with E-state index in [0.29, 0.717) is 6.54 Å². The second-order valence-corrected chi connectivity index (χ2v) is 3.33. The Balaban J connectivity index is 2.58. The second-order valence-electron chi connectivity index (χ2n) is 3.33. The average Bonchev–Trinajstić information content (AvgIpc) is 2.33. The molecule has 1 amide bonds. The third-order valence-corrected chi connectivity index (χ3v) is 1.94. The van der Waals surface area contributed by atoms with Gasteiger partial charge in [0.25, 0.3) is 0 Å². The predicted molar refractivity (Wildman–Crippen MR) is 67.1 cm³/mol. The van der Waals surface area contributed by atoms with Crippen molar-refractivity contribution < 1.29 is 9.59 Å². The normalized spacial score (nSPS) is 9.47. The number of benzene rings is 1. The summed E-state index contributed by atoms with van der Waals surface area (Å²) in [6, 6.07) is 7.49. The zero-order chi connectivity index (χ0) is 12.5. The van der Waals surface area contributed by atoms with E-state index in [1.165, 1.54) is 13.0 Å². The SMILES string of the molecule is CC(=O)NCC#Cc1ccc(/C=C/C=O)cc1. The third kappa shape index (κ3) is 5.33. The van der Waals surface area contributed by atoms with Crippen molar-refractivity contribution in [2.75, 3.05) is 6.54 Å². The molecule has 0 aliphatic carbocycles. The largest absolute Gasteiger partial charge is 0.345 e. The molecule has 0 saturated heterocycles. The molecule has 0 aromatic heterocycles. The van der Waals surface area contributed by atoms with Crippen LogP contribution in [0, 0.1) is 11.8 Å². The molecule has 3 nitrogen and oxygen atoms in total. The van der Waals surface area contributed by atoms with Crippen molar-refractivity contribution >= 4 is 18.3 Å². The molecule has 17 heavy (non-hydrogen) atoms. The molecule has 0 aliphatic heterocycles. The van der Waals surface area contributed by atoms with Crippen molar-refractivity contribution in [3.8, 4) is 11.8 Å². The lowest BCUT2D eigenvalue weighted by atomic mass is 10.1. The van der Waals surface area contributed by atoms with Gasteiger partial charge in [-0.25, -0.2) is 0 Å². The fourth-order valence-corrected chi connectivity index (χ4v) is 1.14. The smallest absolute Gasteiger partial charge is 0.217 e. The van der Waals surface area contributed by atoms with Gasteiger partial charge in [-0.3, -0.25) is 9.59 Å². The molecule has 3 heteroatoms. The van der Waals surface area contributed by atoms with Crippen molar-refractivity contribution in [3.63, 3.8) is 0 Å². The Morgan fingerprint density at radius 3 is 2.65 bits per heavy atom. The third-order valence-electron chi connectivity index (χ3n) is 1.94. The van der Waals surface area contributed by atoms with Gasteiger partial charge < -0.3 is 5.32 Å². The maximum absolute atomic E-state index is 10.6. The van der Waals surface area contributed by atoms with Crippen LogP contribution in [-0.4, -0.2) is 18.7 Å². The highest BCUT2D eigenvalue weighted by Gasteiger charge is 1.88. The van der Waals surface area contributed by atoms with E-state index >= 15 is 0 Å². The minimum atomic E-state index is -0.0892. The first kappa shape index (κ1) is 12.7. The van der Waals surface area contributed by atoms with E-state index in [0.717, 1.165) is 17.4 Å². The lowest BCUT2D eigenvalue weighted by Crippen LogP contribution is -2.19. The fraction of sp³-hybridized carbons (Fsp3) is 0.143. The van der Waals surface area contributed by atoms with E-state index in [2.05, 4.69) is 17.2 Å². The van der Waals surface area contributed by atoms with Crippen LogP contribution in [0.3, 0.4) is 0 Å². The van der Waals surface area contributed by atoms with Crippen LogP contribution in [0.2, 0.25) is 0 Å². The Bertz CT molecular complexity index is 475. The highest BCUT2D eigenvalue weighted by molar-refractivity contribution is 5.74. The van der Waals surface area contributed by atoms with Crippen molar-refractivity contribution in [2.24, 2.45) is 0 Å². The molecule has 0 bridgehead atoms. The zero-order valence-corrected chi connectivity index (χ0v) is 9.57. The van der Waals surface area contributed by atoms with Crippen LogP contribution >= 0.6 is 0 Å². The van der Waals surface area contributed by atoms with Crippen molar-refractivity contribution in [1.82, 2.24) is 5.32 Å². The Morgan fingerprint density at radius 2 is 2.06 bits per heavy atom. The van der Waals surface area contributed by atoms with Gasteiger partial charge in [-0.15, -0.1) is 0 Å². The lowest BCUT2D eigenvalue weighted by Gasteiger charge is -1.94. The van der Waals surface area contributed by atoms with Crippen LogP contribution in [0.25, 0.3) is 6.08 Å². The summed E-state index contributed by atoms with van der Waals surface area (Å²) >= 11 is 0. The second kappa shape index (κ2) is 7.02. The number of hydrogen-bond donors (Lipinski definition) is 1. The van der Waals surface area contributed by atoms with Gasteiger partial charge >= 0.3 is 0 Å². The number of carbonyl (C=O) groups excluding carboxylic acids is 2. The topological polar surface area (TPSA) is 46.2 Å². The van der Waals surface area contributed by atoms with Gasteiger partial charge in [0.15, 0.2) is 0 Å². The van der Waals surface area contributed by atoms with Crippen molar-refractivity contribution in [2.45, 2.75) is 6.92 Å². The van der Waals surface area contributed by atoms with Crippen LogP contribution < -0.4 is 5.32 Å². The predicted octanol–water partition coefficient (Wildman–Crippen LogP) is 1.39.